The van der Waals surface area contributed by atoms with Gasteiger partial charge in [0.1, 0.15) is 16.1 Å². The fraction of sp³-hybridized carbons (Fsp3) is 0.833. The van der Waals surface area contributed by atoms with Gasteiger partial charge in [0.25, 0.3) is 0 Å². The molecule has 0 amide bonds. The molecule has 10 heavy (non-hydrogen) atoms. The van der Waals surface area contributed by atoms with Crippen LogP contribution in [0.3, 0.4) is 0 Å². The van der Waals surface area contributed by atoms with Gasteiger partial charge in [-0.05, 0) is 12.8 Å². The fourth-order valence-corrected chi connectivity index (χ4v) is 2.57. The van der Waals surface area contributed by atoms with E-state index in [1.807, 2.05) is 0 Å². The normalized spacial score (nSPS) is 26.0. The summed E-state index contributed by atoms with van der Waals surface area (Å²) >= 11 is 0. The van der Waals surface area contributed by atoms with E-state index in [4.69, 9.17) is 0 Å². The quantitative estimate of drug-likeness (QED) is 0.510. The summed E-state index contributed by atoms with van der Waals surface area (Å²) in [6, 6.07) is 0. The van der Waals surface area contributed by atoms with E-state index in [1.54, 1.807) is 0 Å². The summed E-state index contributed by atoms with van der Waals surface area (Å²) in [6.45, 7) is 0. The van der Waals surface area contributed by atoms with Gasteiger partial charge in [-0.25, -0.2) is 8.42 Å². The predicted octanol–water partition coefficient (Wildman–Crippen LogP) is 0.0101. The largest absolute Gasteiger partial charge is 0.303 e. The molecule has 0 unspecified atom stereocenters. The predicted molar refractivity (Wildman–Crippen MR) is 37.4 cm³/mol. The van der Waals surface area contributed by atoms with E-state index in [0.29, 0.717) is 12.8 Å². The zero-order valence-electron chi connectivity index (χ0n) is 5.62. The first-order valence-electron chi connectivity index (χ1n) is 3.30. The van der Waals surface area contributed by atoms with Crippen molar-refractivity contribution < 1.29 is 13.2 Å². The van der Waals surface area contributed by atoms with Crippen molar-refractivity contribution >= 4 is 16.1 Å². The van der Waals surface area contributed by atoms with Crippen LogP contribution in [0.25, 0.3) is 0 Å². The van der Waals surface area contributed by atoms with E-state index in [2.05, 4.69) is 0 Å². The third-order valence-corrected chi connectivity index (χ3v) is 3.51. The number of aldehydes is 1. The van der Waals surface area contributed by atoms with Crippen molar-refractivity contribution in [1.29, 1.82) is 0 Å². The van der Waals surface area contributed by atoms with Crippen molar-refractivity contribution in [2.24, 2.45) is 5.92 Å². The molecule has 0 aromatic rings. The lowest BCUT2D eigenvalue weighted by Crippen LogP contribution is -2.23. The monoisotopic (exact) mass is 162 g/mol. The van der Waals surface area contributed by atoms with Crippen LogP contribution in [-0.4, -0.2) is 26.2 Å². The average Bonchev–Trinajstić information content (AvgIpc) is 1.88. The van der Waals surface area contributed by atoms with Crippen LogP contribution in [0.1, 0.15) is 12.8 Å². The molecule has 1 fully saturated rings. The molecule has 1 rings (SSSR count). The summed E-state index contributed by atoms with van der Waals surface area (Å²) in [5, 5.41) is 0. The number of hydrogen-bond acceptors (Lipinski definition) is 3. The van der Waals surface area contributed by atoms with Gasteiger partial charge in [0.15, 0.2) is 0 Å². The minimum Gasteiger partial charge on any atom is -0.303 e. The molecule has 1 heterocycles. The van der Waals surface area contributed by atoms with Crippen LogP contribution in [0.5, 0.6) is 0 Å². The Kier molecular flexibility index (Phi) is 2.08. The van der Waals surface area contributed by atoms with Crippen LogP contribution >= 0.6 is 0 Å². The van der Waals surface area contributed by atoms with Crippen molar-refractivity contribution in [2.45, 2.75) is 12.8 Å². The molecular weight excluding hydrogens is 152 g/mol. The highest BCUT2D eigenvalue weighted by atomic mass is 32.2. The molecule has 0 radical (unpaired) electrons. The maximum Gasteiger partial charge on any atom is 0.150 e. The Bertz CT molecular complexity index is 203. The molecule has 58 valence electrons. The Morgan fingerprint density at radius 2 is 1.70 bits per heavy atom. The zero-order chi connectivity index (χ0) is 7.61. The molecule has 1 aliphatic rings. The molecule has 0 bridgehead atoms. The maximum absolute atomic E-state index is 10.8. The number of sulfone groups is 1. The number of rotatable bonds is 1. The smallest absolute Gasteiger partial charge is 0.150 e. The van der Waals surface area contributed by atoms with Crippen LogP contribution < -0.4 is 0 Å². The van der Waals surface area contributed by atoms with Crippen LogP contribution in [0.15, 0.2) is 0 Å². The molecule has 0 saturated carbocycles. The summed E-state index contributed by atoms with van der Waals surface area (Å²) in [6.07, 6.45) is 1.90. The zero-order valence-corrected chi connectivity index (χ0v) is 6.43. The Hall–Kier alpha value is -0.380. The number of hydrogen-bond donors (Lipinski definition) is 0. The third kappa shape index (κ3) is 1.80. The minimum absolute atomic E-state index is 0.0106. The Labute approximate surface area is 60.3 Å². The van der Waals surface area contributed by atoms with Crippen molar-refractivity contribution in [1.82, 2.24) is 0 Å². The van der Waals surface area contributed by atoms with E-state index in [-0.39, 0.29) is 17.4 Å². The topological polar surface area (TPSA) is 51.2 Å². The maximum atomic E-state index is 10.8. The number of carbonyl (C=O) groups is 1. The van der Waals surface area contributed by atoms with Gasteiger partial charge in [-0.15, -0.1) is 0 Å². The Morgan fingerprint density at radius 1 is 1.20 bits per heavy atom. The molecule has 0 atom stereocenters. The first kappa shape index (κ1) is 7.72. The fourth-order valence-electron chi connectivity index (χ4n) is 1.04. The van der Waals surface area contributed by atoms with Crippen LogP contribution in [0.4, 0.5) is 0 Å². The van der Waals surface area contributed by atoms with E-state index >= 15 is 0 Å². The minimum atomic E-state index is -2.78. The highest BCUT2D eigenvalue weighted by Gasteiger charge is 2.22. The second kappa shape index (κ2) is 2.70. The van der Waals surface area contributed by atoms with Gasteiger partial charge in [0, 0.05) is 5.92 Å². The second-order valence-corrected chi connectivity index (χ2v) is 4.93. The van der Waals surface area contributed by atoms with Crippen LogP contribution in [0.2, 0.25) is 0 Å². The van der Waals surface area contributed by atoms with Crippen LogP contribution in [-0.2, 0) is 14.6 Å². The Morgan fingerprint density at radius 3 is 2.10 bits per heavy atom. The van der Waals surface area contributed by atoms with Crippen molar-refractivity contribution in [2.75, 3.05) is 11.5 Å². The molecule has 4 heteroatoms. The molecule has 1 saturated heterocycles. The van der Waals surface area contributed by atoms with Gasteiger partial charge in [0.2, 0.25) is 0 Å². The van der Waals surface area contributed by atoms with Gasteiger partial charge in [0.05, 0.1) is 11.5 Å². The van der Waals surface area contributed by atoms with Crippen molar-refractivity contribution in [3.05, 3.63) is 0 Å². The third-order valence-electron chi connectivity index (χ3n) is 1.79. The molecular formula is C6H10O3S. The van der Waals surface area contributed by atoms with E-state index < -0.39 is 9.84 Å². The summed E-state index contributed by atoms with van der Waals surface area (Å²) in [5.74, 6) is 0.371. The molecule has 3 nitrogen and oxygen atoms in total. The first-order chi connectivity index (χ1) is 4.64. The van der Waals surface area contributed by atoms with Crippen LogP contribution in [0, 0.1) is 5.92 Å². The molecule has 0 spiro atoms. The van der Waals surface area contributed by atoms with Crippen molar-refractivity contribution in [3.63, 3.8) is 0 Å². The highest BCUT2D eigenvalue weighted by Crippen LogP contribution is 2.15. The van der Waals surface area contributed by atoms with Gasteiger partial charge in [-0.2, -0.15) is 0 Å². The number of carbonyl (C=O) groups excluding carboxylic acids is 1. The second-order valence-electron chi connectivity index (χ2n) is 2.63. The molecule has 1 aliphatic heterocycles. The lowest BCUT2D eigenvalue weighted by atomic mass is 10.1. The Balaban J connectivity index is 2.54. The molecule has 0 aliphatic carbocycles. The highest BCUT2D eigenvalue weighted by molar-refractivity contribution is 7.91. The van der Waals surface area contributed by atoms with Gasteiger partial charge in [-0.3, -0.25) is 0 Å². The molecule has 0 N–H and O–H groups in total. The summed E-state index contributed by atoms with van der Waals surface area (Å²) in [4.78, 5) is 10.2. The van der Waals surface area contributed by atoms with E-state index in [1.165, 1.54) is 0 Å². The van der Waals surface area contributed by atoms with Gasteiger partial charge in [-0.1, -0.05) is 0 Å². The summed E-state index contributed by atoms with van der Waals surface area (Å²) < 4.78 is 21.6. The van der Waals surface area contributed by atoms with Gasteiger partial charge < -0.3 is 4.79 Å². The average molecular weight is 162 g/mol. The first-order valence-corrected chi connectivity index (χ1v) is 5.12. The van der Waals surface area contributed by atoms with E-state index in [0.717, 1.165) is 6.29 Å². The lowest BCUT2D eigenvalue weighted by molar-refractivity contribution is -0.111. The molecule has 0 aromatic carbocycles. The summed E-state index contributed by atoms with van der Waals surface area (Å²) in [7, 11) is -2.78. The van der Waals surface area contributed by atoms with Crippen molar-refractivity contribution in [3.8, 4) is 0 Å². The summed E-state index contributed by atoms with van der Waals surface area (Å²) in [5.41, 5.74) is 0. The van der Waals surface area contributed by atoms with E-state index in [9.17, 15) is 13.2 Å². The SMILES string of the molecule is O=CC1CCS(=O)(=O)CC1. The standard InChI is InChI=1S/C6H10O3S/c7-5-6-1-3-10(8,9)4-2-6/h5-6H,1-4H2. The van der Waals surface area contributed by atoms with Gasteiger partial charge >= 0.3 is 0 Å². The molecule has 0 aromatic heterocycles. The lowest BCUT2D eigenvalue weighted by Gasteiger charge is -2.15.